The maximum atomic E-state index is 11.7. The number of hydrogen-bond acceptors (Lipinski definition) is 4. The third-order valence-electron chi connectivity index (χ3n) is 3.75. The molecule has 1 unspecified atom stereocenters. The van der Waals surface area contributed by atoms with Gasteiger partial charge in [-0.1, -0.05) is 12.1 Å². The Morgan fingerprint density at radius 1 is 1.41 bits per heavy atom. The van der Waals surface area contributed by atoms with E-state index in [9.17, 15) is 19.8 Å². The van der Waals surface area contributed by atoms with Gasteiger partial charge < -0.3 is 20.4 Å². The van der Waals surface area contributed by atoms with Crippen LogP contribution in [0.15, 0.2) is 24.3 Å². The number of rotatable bonds is 7. The van der Waals surface area contributed by atoms with Gasteiger partial charge in [-0.3, -0.25) is 9.59 Å². The summed E-state index contributed by atoms with van der Waals surface area (Å²) in [5.74, 6) is 0.101. The highest BCUT2D eigenvalue weighted by molar-refractivity contribution is 5.78. The number of aliphatic hydroxyl groups excluding tert-OH is 1. The zero-order valence-electron chi connectivity index (χ0n) is 12.5. The summed E-state index contributed by atoms with van der Waals surface area (Å²) in [6, 6.07) is 6.32. The largest absolute Gasteiger partial charge is 0.508 e. The van der Waals surface area contributed by atoms with E-state index in [1.807, 2.05) is 0 Å². The Kier molecular flexibility index (Phi) is 5.77. The fourth-order valence-electron chi connectivity index (χ4n) is 2.52. The molecule has 1 aliphatic heterocycles. The van der Waals surface area contributed by atoms with Gasteiger partial charge in [-0.2, -0.15) is 0 Å². The maximum Gasteiger partial charge on any atom is 0.222 e. The first kappa shape index (κ1) is 16.3. The van der Waals surface area contributed by atoms with E-state index in [0.717, 1.165) is 13.0 Å². The number of benzene rings is 1. The van der Waals surface area contributed by atoms with Gasteiger partial charge in [-0.25, -0.2) is 0 Å². The first-order valence-electron chi connectivity index (χ1n) is 7.58. The summed E-state index contributed by atoms with van der Waals surface area (Å²) in [5, 5.41) is 22.0. The minimum Gasteiger partial charge on any atom is -0.508 e. The highest BCUT2D eigenvalue weighted by Crippen LogP contribution is 2.17. The van der Waals surface area contributed by atoms with Crippen LogP contribution in [0.25, 0.3) is 0 Å². The molecule has 1 atom stereocenters. The molecule has 1 saturated heterocycles. The smallest absolute Gasteiger partial charge is 0.222 e. The SMILES string of the molecule is O=C(CCCN1CCCC1=O)NCC(O)c1cccc(O)c1. The lowest BCUT2D eigenvalue weighted by molar-refractivity contribution is -0.128. The highest BCUT2D eigenvalue weighted by Gasteiger charge is 2.19. The molecule has 22 heavy (non-hydrogen) atoms. The molecular weight excluding hydrogens is 284 g/mol. The normalized spacial score (nSPS) is 15.9. The van der Waals surface area contributed by atoms with Gasteiger partial charge in [-0.15, -0.1) is 0 Å². The second-order valence-corrected chi connectivity index (χ2v) is 5.50. The number of aromatic hydroxyl groups is 1. The molecule has 6 nitrogen and oxygen atoms in total. The minimum absolute atomic E-state index is 0.0816. The van der Waals surface area contributed by atoms with Gasteiger partial charge in [0, 0.05) is 32.5 Å². The van der Waals surface area contributed by atoms with E-state index >= 15 is 0 Å². The molecule has 1 aliphatic rings. The molecule has 1 heterocycles. The topological polar surface area (TPSA) is 89.9 Å². The summed E-state index contributed by atoms with van der Waals surface area (Å²) in [4.78, 5) is 24.9. The predicted molar refractivity (Wildman–Crippen MR) is 81.1 cm³/mol. The summed E-state index contributed by atoms with van der Waals surface area (Å²) < 4.78 is 0. The summed E-state index contributed by atoms with van der Waals surface area (Å²) in [6.45, 7) is 1.50. The summed E-state index contributed by atoms with van der Waals surface area (Å²) >= 11 is 0. The second kappa shape index (κ2) is 7.79. The first-order valence-corrected chi connectivity index (χ1v) is 7.58. The van der Waals surface area contributed by atoms with E-state index in [0.29, 0.717) is 31.4 Å². The number of carbonyl (C=O) groups excluding carboxylic acids is 2. The van der Waals surface area contributed by atoms with Crippen LogP contribution in [-0.4, -0.2) is 46.6 Å². The van der Waals surface area contributed by atoms with E-state index in [1.54, 1.807) is 17.0 Å². The van der Waals surface area contributed by atoms with Gasteiger partial charge in [0.15, 0.2) is 0 Å². The van der Waals surface area contributed by atoms with Gasteiger partial charge in [0.05, 0.1) is 6.10 Å². The molecule has 0 bridgehead atoms. The molecule has 1 aromatic carbocycles. The summed E-state index contributed by atoms with van der Waals surface area (Å²) in [7, 11) is 0. The molecule has 1 aromatic rings. The Hall–Kier alpha value is -2.08. The predicted octanol–water partition coefficient (Wildman–Crippen LogP) is 0.944. The van der Waals surface area contributed by atoms with Gasteiger partial charge in [0.1, 0.15) is 5.75 Å². The Morgan fingerprint density at radius 3 is 2.91 bits per heavy atom. The lowest BCUT2D eigenvalue weighted by Gasteiger charge is -2.15. The van der Waals surface area contributed by atoms with Crippen molar-refractivity contribution >= 4 is 11.8 Å². The number of phenols is 1. The van der Waals surface area contributed by atoms with Crippen LogP contribution in [0.2, 0.25) is 0 Å². The first-order chi connectivity index (χ1) is 10.6. The van der Waals surface area contributed by atoms with Gasteiger partial charge in [0.2, 0.25) is 11.8 Å². The van der Waals surface area contributed by atoms with E-state index in [1.165, 1.54) is 12.1 Å². The molecule has 0 spiro atoms. The van der Waals surface area contributed by atoms with Crippen LogP contribution >= 0.6 is 0 Å². The zero-order valence-corrected chi connectivity index (χ0v) is 12.5. The van der Waals surface area contributed by atoms with Gasteiger partial charge in [0.25, 0.3) is 0 Å². The van der Waals surface area contributed by atoms with Crippen molar-refractivity contribution in [3.63, 3.8) is 0 Å². The van der Waals surface area contributed by atoms with Crippen molar-refractivity contribution in [1.29, 1.82) is 0 Å². The molecule has 0 aliphatic carbocycles. The third kappa shape index (κ3) is 4.73. The Labute approximate surface area is 129 Å². The van der Waals surface area contributed by atoms with Crippen LogP contribution in [0.1, 0.15) is 37.4 Å². The van der Waals surface area contributed by atoms with E-state index in [-0.39, 0.29) is 24.1 Å². The van der Waals surface area contributed by atoms with Crippen LogP contribution in [0.3, 0.4) is 0 Å². The van der Waals surface area contributed by atoms with Crippen molar-refractivity contribution in [2.45, 2.75) is 31.8 Å². The van der Waals surface area contributed by atoms with Gasteiger partial charge >= 0.3 is 0 Å². The Morgan fingerprint density at radius 2 is 2.23 bits per heavy atom. The molecule has 1 fully saturated rings. The second-order valence-electron chi connectivity index (χ2n) is 5.50. The molecule has 120 valence electrons. The standard InChI is InChI=1S/C16H22N2O4/c19-13-5-1-4-12(10-13)14(20)11-17-15(21)6-2-8-18-9-3-7-16(18)22/h1,4-5,10,14,19-20H,2-3,6-9,11H2,(H,17,21). The van der Waals surface area contributed by atoms with Crippen molar-refractivity contribution in [1.82, 2.24) is 10.2 Å². The lowest BCUT2D eigenvalue weighted by Crippen LogP contribution is -2.30. The van der Waals surface area contributed by atoms with Crippen molar-refractivity contribution < 1.29 is 19.8 Å². The number of hydrogen-bond donors (Lipinski definition) is 3. The van der Waals surface area contributed by atoms with Crippen LogP contribution < -0.4 is 5.32 Å². The number of nitrogens with zero attached hydrogens (tertiary/aromatic N) is 1. The summed E-state index contributed by atoms with van der Waals surface area (Å²) in [6.07, 6.45) is 1.62. The van der Waals surface area contributed by atoms with E-state index in [2.05, 4.69) is 5.32 Å². The molecule has 0 radical (unpaired) electrons. The Bertz CT molecular complexity index is 533. The molecule has 0 saturated carbocycles. The maximum absolute atomic E-state index is 11.7. The number of likely N-dealkylation sites (tertiary alicyclic amines) is 1. The number of nitrogens with one attached hydrogen (secondary N) is 1. The lowest BCUT2D eigenvalue weighted by atomic mass is 10.1. The minimum atomic E-state index is -0.851. The number of phenolic OH excluding ortho intramolecular Hbond substituents is 1. The average Bonchev–Trinajstić information content (AvgIpc) is 2.90. The molecule has 2 rings (SSSR count). The number of aliphatic hydroxyl groups is 1. The molecule has 3 N–H and O–H groups in total. The molecular formula is C16H22N2O4. The van der Waals surface area contributed by atoms with E-state index in [4.69, 9.17) is 0 Å². The zero-order chi connectivity index (χ0) is 15.9. The van der Waals surface area contributed by atoms with Crippen LogP contribution in [-0.2, 0) is 9.59 Å². The summed E-state index contributed by atoms with van der Waals surface area (Å²) in [5.41, 5.74) is 0.558. The highest BCUT2D eigenvalue weighted by atomic mass is 16.3. The third-order valence-corrected chi connectivity index (χ3v) is 3.75. The van der Waals surface area contributed by atoms with E-state index < -0.39 is 6.10 Å². The average molecular weight is 306 g/mol. The van der Waals surface area contributed by atoms with Crippen molar-refractivity contribution in [2.24, 2.45) is 0 Å². The van der Waals surface area contributed by atoms with Crippen molar-refractivity contribution in [2.75, 3.05) is 19.6 Å². The Balaban J connectivity index is 1.66. The quantitative estimate of drug-likeness (QED) is 0.699. The van der Waals surface area contributed by atoms with Gasteiger partial charge in [-0.05, 0) is 30.5 Å². The van der Waals surface area contributed by atoms with Crippen molar-refractivity contribution in [3.8, 4) is 5.75 Å². The number of amides is 2. The van der Waals surface area contributed by atoms with Crippen LogP contribution in [0.4, 0.5) is 0 Å². The molecule has 6 heteroatoms. The molecule has 0 aromatic heterocycles. The van der Waals surface area contributed by atoms with Crippen LogP contribution in [0, 0.1) is 0 Å². The van der Waals surface area contributed by atoms with Crippen molar-refractivity contribution in [3.05, 3.63) is 29.8 Å². The molecule has 2 amide bonds. The monoisotopic (exact) mass is 306 g/mol. The van der Waals surface area contributed by atoms with Crippen LogP contribution in [0.5, 0.6) is 5.75 Å². The fourth-order valence-corrected chi connectivity index (χ4v) is 2.52. The number of carbonyl (C=O) groups is 2. The fraction of sp³-hybridized carbons (Fsp3) is 0.500.